The van der Waals surface area contributed by atoms with E-state index in [1.807, 2.05) is 0 Å². The molecule has 0 aromatic heterocycles. The SMILES string of the molecule is CCOc1ccc(C)cc1S(=O)(=O)Nc1ccc2c(c1)C(=O)NCCO2. The number of aryl methyl sites for hydroxylation is 1. The predicted molar refractivity (Wildman–Crippen MR) is 97.4 cm³/mol. The lowest BCUT2D eigenvalue weighted by Gasteiger charge is -2.14. The second kappa shape index (κ2) is 7.25. The molecule has 0 fully saturated rings. The van der Waals surface area contributed by atoms with Crippen LogP contribution in [0.2, 0.25) is 0 Å². The van der Waals surface area contributed by atoms with E-state index in [-0.39, 0.29) is 27.8 Å². The van der Waals surface area contributed by atoms with Crippen LogP contribution < -0.4 is 19.5 Å². The highest BCUT2D eigenvalue weighted by atomic mass is 32.2. The molecule has 0 unspecified atom stereocenters. The molecule has 3 rings (SSSR count). The first-order chi connectivity index (χ1) is 12.4. The number of anilines is 1. The summed E-state index contributed by atoms with van der Waals surface area (Å²) >= 11 is 0. The number of hydrogen-bond acceptors (Lipinski definition) is 5. The Bertz CT molecular complexity index is 941. The van der Waals surface area contributed by atoms with Gasteiger partial charge in [0.1, 0.15) is 23.0 Å². The van der Waals surface area contributed by atoms with Gasteiger partial charge >= 0.3 is 0 Å². The summed E-state index contributed by atoms with van der Waals surface area (Å²) in [4.78, 5) is 12.1. The number of ether oxygens (including phenoxy) is 2. The summed E-state index contributed by atoms with van der Waals surface area (Å²) in [5.41, 5.74) is 1.36. The molecule has 0 spiro atoms. The van der Waals surface area contributed by atoms with Gasteiger partial charge in [0, 0.05) is 5.69 Å². The zero-order chi connectivity index (χ0) is 18.7. The standard InChI is InChI=1S/C18H20N2O5S/c1-3-24-16-6-4-12(2)10-17(16)26(22,23)20-13-5-7-15-14(11-13)18(21)19-8-9-25-15/h4-7,10-11,20H,3,8-9H2,1-2H3,(H,19,21). The quantitative estimate of drug-likeness (QED) is 0.835. The molecule has 1 heterocycles. The number of benzene rings is 2. The van der Waals surface area contributed by atoms with Crippen molar-refractivity contribution < 1.29 is 22.7 Å². The number of fused-ring (bicyclic) bond motifs is 1. The number of carbonyl (C=O) groups is 1. The molecular formula is C18H20N2O5S. The van der Waals surface area contributed by atoms with Gasteiger partial charge in [0.25, 0.3) is 15.9 Å². The van der Waals surface area contributed by atoms with E-state index in [4.69, 9.17) is 9.47 Å². The largest absolute Gasteiger partial charge is 0.492 e. The van der Waals surface area contributed by atoms with E-state index in [1.54, 1.807) is 44.2 Å². The predicted octanol–water partition coefficient (Wildman–Crippen LogP) is 2.32. The van der Waals surface area contributed by atoms with E-state index in [9.17, 15) is 13.2 Å². The molecule has 2 aromatic rings. The number of carbonyl (C=O) groups excluding carboxylic acids is 1. The third kappa shape index (κ3) is 3.75. The van der Waals surface area contributed by atoms with Crippen LogP contribution in [0.4, 0.5) is 5.69 Å². The molecule has 2 aromatic carbocycles. The van der Waals surface area contributed by atoms with Crippen molar-refractivity contribution in [1.29, 1.82) is 0 Å². The molecule has 1 aliphatic rings. The number of amides is 1. The minimum atomic E-state index is -3.89. The first-order valence-corrected chi connectivity index (χ1v) is 9.70. The lowest BCUT2D eigenvalue weighted by atomic mass is 10.1. The molecule has 7 nitrogen and oxygen atoms in total. The van der Waals surface area contributed by atoms with Gasteiger partial charge in [-0.3, -0.25) is 9.52 Å². The van der Waals surface area contributed by atoms with Gasteiger partial charge in [-0.25, -0.2) is 8.42 Å². The summed E-state index contributed by atoms with van der Waals surface area (Å²) in [7, 11) is -3.89. The summed E-state index contributed by atoms with van der Waals surface area (Å²) in [5, 5.41) is 2.69. The van der Waals surface area contributed by atoms with Crippen molar-refractivity contribution in [2.75, 3.05) is 24.5 Å². The zero-order valence-electron chi connectivity index (χ0n) is 14.5. The van der Waals surface area contributed by atoms with Gasteiger partial charge in [0.15, 0.2) is 0 Å². The van der Waals surface area contributed by atoms with Crippen molar-refractivity contribution in [3.05, 3.63) is 47.5 Å². The Morgan fingerprint density at radius 3 is 2.81 bits per heavy atom. The molecule has 26 heavy (non-hydrogen) atoms. The number of nitrogens with one attached hydrogen (secondary N) is 2. The van der Waals surface area contributed by atoms with E-state index < -0.39 is 10.0 Å². The van der Waals surface area contributed by atoms with Gasteiger partial charge in [0.05, 0.1) is 18.7 Å². The maximum Gasteiger partial charge on any atom is 0.265 e. The summed E-state index contributed by atoms with van der Waals surface area (Å²) in [6.45, 7) is 4.70. The van der Waals surface area contributed by atoms with Crippen LogP contribution >= 0.6 is 0 Å². The van der Waals surface area contributed by atoms with Gasteiger partial charge in [-0.05, 0) is 49.7 Å². The van der Waals surface area contributed by atoms with Gasteiger partial charge in [-0.15, -0.1) is 0 Å². The van der Waals surface area contributed by atoms with Gasteiger partial charge in [-0.1, -0.05) is 6.07 Å². The second-order valence-electron chi connectivity index (χ2n) is 5.80. The number of rotatable bonds is 5. The monoisotopic (exact) mass is 376 g/mol. The fourth-order valence-electron chi connectivity index (χ4n) is 2.63. The van der Waals surface area contributed by atoms with Crippen LogP contribution in [-0.4, -0.2) is 34.1 Å². The first kappa shape index (κ1) is 18.1. The Hall–Kier alpha value is -2.74. The van der Waals surface area contributed by atoms with Crippen LogP contribution in [0.15, 0.2) is 41.3 Å². The molecule has 138 valence electrons. The summed E-state index contributed by atoms with van der Waals surface area (Å²) < 4.78 is 39.1. The lowest BCUT2D eigenvalue weighted by molar-refractivity contribution is 0.0957. The molecular weight excluding hydrogens is 356 g/mol. The highest BCUT2D eigenvalue weighted by Crippen LogP contribution is 2.29. The van der Waals surface area contributed by atoms with Crippen molar-refractivity contribution in [3.63, 3.8) is 0 Å². The van der Waals surface area contributed by atoms with Crippen molar-refractivity contribution in [2.45, 2.75) is 18.7 Å². The molecule has 0 saturated carbocycles. The molecule has 8 heteroatoms. The van der Waals surface area contributed by atoms with Crippen LogP contribution in [0.3, 0.4) is 0 Å². The summed E-state index contributed by atoms with van der Waals surface area (Å²) in [6.07, 6.45) is 0. The van der Waals surface area contributed by atoms with E-state index >= 15 is 0 Å². The molecule has 0 saturated heterocycles. The lowest BCUT2D eigenvalue weighted by Crippen LogP contribution is -2.24. The van der Waals surface area contributed by atoms with Crippen LogP contribution in [-0.2, 0) is 10.0 Å². The molecule has 2 N–H and O–H groups in total. The van der Waals surface area contributed by atoms with E-state index in [1.165, 1.54) is 6.07 Å². The normalized spacial score (nSPS) is 13.8. The molecule has 0 radical (unpaired) electrons. The average molecular weight is 376 g/mol. The Morgan fingerprint density at radius 1 is 1.23 bits per heavy atom. The number of hydrogen-bond donors (Lipinski definition) is 2. The minimum Gasteiger partial charge on any atom is -0.492 e. The van der Waals surface area contributed by atoms with Gasteiger partial charge < -0.3 is 14.8 Å². The van der Waals surface area contributed by atoms with Crippen LogP contribution in [0.5, 0.6) is 11.5 Å². The van der Waals surface area contributed by atoms with E-state index in [0.717, 1.165) is 5.56 Å². The van der Waals surface area contributed by atoms with Crippen molar-refractivity contribution >= 4 is 21.6 Å². The topological polar surface area (TPSA) is 93.7 Å². The van der Waals surface area contributed by atoms with Crippen LogP contribution in [0.25, 0.3) is 0 Å². The Labute approximate surface area is 152 Å². The summed E-state index contributed by atoms with van der Waals surface area (Å²) in [5.74, 6) is 0.402. The summed E-state index contributed by atoms with van der Waals surface area (Å²) in [6, 6.07) is 9.57. The fourth-order valence-corrected chi connectivity index (χ4v) is 3.91. The molecule has 1 aliphatic heterocycles. The number of sulfonamides is 1. The average Bonchev–Trinajstić information content (AvgIpc) is 2.78. The van der Waals surface area contributed by atoms with Gasteiger partial charge in [0.2, 0.25) is 0 Å². The van der Waals surface area contributed by atoms with E-state index in [0.29, 0.717) is 25.5 Å². The van der Waals surface area contributed by atoms with Crippen molar-refractivity contribution in [1.82, 2.24) is 5.32 Å². The second-order valence-corrected chi connectivity index (χ2v) is 7.45. The Kier molecular flexibility index (Phi) is 5.03. The Balaban J connectivity index is 1.96. The van der Waals surface area contributed by atoms with Crippen LogP contribution in [0, 0.1) is 6.92 Å². The molecule has 0 aliphatic carbocycles. The third-order valence-electron chi connectivity index (χ3n) is 3.81. The van der Waals surface area contributed by atoms with Crippen molar-refractivity contribution in [2.24, 2.45) is 0 Å². The third-order valence-corrected chi connectivity index (χ3v) is 5.21. The molecule has 0 bridgehead atoms. The van der Waals surface area contributed by atoms with Crippen molar-refractivity contribution in [3.8, 4) is 11.5 Å². The Morgan fingerprint density at radius 2 is 2.04 bits per heavy atom. The minimum absolute atomic E-state index is 0.0509. The first-order valence-electron chi connectivity index (χ1n) is 8.22. The fraction of sp³-hybridized carbons (Fsp3) is 0.278. The van der Waals surface area contributed by atoms with E-state index in [2.05, 4.69) is 10.0 Å². The molecule has 0 atom stereocenters. The maximum absolute atomic E-state index is 12.8. The molecule has 1 amide bonds. The zero-order valence-corrected chi connectivity index (χ0v) is 15.4. The van der Waals surface area contributed by atoms with Gasteiger partial charge in [-0.2, -0.15) is 0 Å². The smallest absolute Gasteiger partial charge is 0.265 e. The maximum atomic E-state index is 12.8. The highest BCUT2D eigenvalue weighted by molar-refractivity contribution is 7.92. The van der Waals surface area contributed by atoms with Crippen LogP contribution in [0.1, 0.15) is 22.8 Å². The highest BCUT2D eigenvalue weighted by Gasteiger charge is 2.22.